The Morgan fingerprint density at radius 2 is 1.95 bits per heavy atom. The van der Waals surface area contributed by atoms with E-state index in [1.807, 2.05) is 24.3 Å². The molecule has 0 atom stereocenters. The number of pyridine rings is 1. The summed E-state index contributed by atoms with van der Waals surface area (Å²) in [4.78, 5) is 16.5. The Bertz CT molecular complexity index is 807. The molecule has 3 N–H and O–H groups in total. The lowest BCUT2D eigenvalue weighted by Crippen LogP contribution is -2.13. The number of amides is 1. The van der Waals surface area contributed by atoms with Crippen molar-refractivity contribution in [2.45, 2.75) is 0 Å². The molecule has 104 valence electrons. The molecule has 0 aliphatic carbocycles. The highest BCUT2D eigenvalue weighted by molar-refractivity contribution is 6.08. The number of fused-ring (bicyclic) bond motifs is 1. The molecule has 0 unspecified atom stereocenters. The van der Waals surface area contributed by atoms with E-state index in [0.717, 1.165) is 17.5 Å². The molecule has 5 heteroatoms. The molecule has 0 saturated carbocycles. The summed E-state index contributed by atoms with van der Waals surface area (Å²) in [6.45, 7) is 0. The van der Waals surface area contributed by atoms with E-state index in [9.17, 15) is 9.18 Å². The van der Waals surface area contributed by atoms with Crippen molar-refractivity contribution in [1.82, 2.24) is 4.98 Å². The van der Waals surface area contributed by atoms with Gasteiger partial charge < -0.3 is 11.1 Å². The average Bonchev–Trinajstić information content (AvgIpc) is 2.46. The summed E-state index contributed by atoms with van der Waals surface area (Å²) in [5, 5.41) is 3.64. The van der Waals surface area contributed by atoms with E-state index in [4.69, 9.17) is 5.73 Å². The topological polar surface area (TPSA) is 68.0 Å². The van der Waals surface area contributed by atoms with E-state index in [1.54, 1.807) is 12.3 Å². The van der Waals surface area contributed by atoms with Crippen molar-refractivity contribution in [2.75, 3.05) is 11.1 Å². The van der Waals surface area contributed by atoms with Crippen molar-refractivity contribution < 1.29 is 9.18 Å². The molecule has 0 saturated heterocycles. The van der Waals surface area contributed by atoms with Crippen molar-refractivity contribution in [3.63, 3.8) is 0 Å². The SMILES string of the molecule is Nc1cc(F)cc(C(=O)Nc2cccc3cccnc23)c1. The third-order valence-electron chi connectivity index (χ3n) is 3.06. The van der Waals surface area contributed by atoms with Crippen molar-refractivity contribution in [1.29, 1.82) is 0 Å². The van der Waals surface area contributed by atoms with E-state index in [1.165, 1.54) is 6.07 Å². The highest BCUT2D eigenvalue weighted by Crippen LogP contribution is 2.21. The number of anilines is 2. The highest BCUT2D eigenvalue weighted by atomic mass is 19.1. The summed E-state index contributed by atoms with van der Waals surface area (Å²) >= 11 is 0. The third kappa shape index (κ3) is 2.67. The maximum absolute atomic E-state index is 13.3. The number of rotatable bonds is 2. The normalized spacial score (nSPS) is 10.5. The van der Waals surface area contributed by atoms with Gasteiger partial charge in [-0.2, -0.15) is 0 Å². The second-order valence-corrected chi connectivity index (χ2v) is 4.61. The van der Waals surface area contributed by atoms with E-state index >= 15 is 0 Å². The largest absolute Gasteiger partial charge is 0.399 e. The van der Waals surface area contributed by atoms with Gasteiger partial charge in [0.15, 0.2) is 0 Å². The summed E-state index contributed by atoms with van der Waals surface area (Å²) in [7, 11) is 0. The van der Waals surface area contributed by atoms with Crippen LogP contribution in [0.2, 0.25) is 0 Å². The Kier molecular flexibility index (Phi) is 3.23. The molecule has 0 bridgehead atoms. The van der Waals surface area contributed by atoms with Crippen LogP contribution in [0.4, 0.5) is 15.8 Å². The van der Waals surface area contributed by atoms with Gasteiger partial charge in [-0.1, -0.05) is 18.2 Å². The molecule has 0 aliphatic heterocycles. The molecule has 4 nitrogen and oxygen atoms in total. The first-order valence-electron chi connectivity index (χ1n) is 6.34. The summed E-state index contributed by atoms with van der Waals surface area (Å²) in [5.74, 6) is -0.976. The van der Waals surface area contributed by atoms with Crippen LogP contribution >= 0.6 is 0 Å². The first-order valence-corrected chi connectivity index (χ1v) is 6.34. The van der Waals surface area contributed by atoms with Crippen LogP contribution in [-0.4, -0.2) is 10.9 Å². The second kappa shape index (κ2) is 5.20. The number of nitrogens with zero attached hydrogens (tertiary/aromatic N) is 1. The molecule has 0 fully saturated rings. The fourth-order valence-corrected chi connectivity index (χ4v) is 2.14. The summed E-state index contributed by atoms with van der Waals surface area (Å²) in [6.07, 6.45) is 1.65. The lowest BCUT2D eigenvalue weighted by Gasteiger charge is -2.08. The van der Waals surface area contributed by atoms with Gasteiger partial charge in [0.2, 0.25) is 0 Å². The van der Waals surface area contributed by atoms with Crippen LogP contribution in [0.1, 0.15) is 10.4 Å². The zero-order valence-electron chi connectivity index (χ0n) is 11.0. The number of carbonyl (C=O) groups is 1. The standard InChI is InChI=1S/C16H12FN3O/c17-12-7-11(8-13(18)9-12)16(21)20-14-5-1-3-10-4-2-6-19-15(10)14/h1-9H,18H2,(H,20,21). The first-order chi connectivity index (χ1) is 10.1. The molecular formula is C16H12FN3O. The van der Waals surface area contributed by atoms with Crippen LogP contribution in [0.25, 0.3) is 10.9 Å². The van der Waals surface area contributed by atoms with Gasteiger partial charge in [-0.25, -0.2) is 4.39 Å². The molecule has 0 spiro atoms. The molecule has 0 radical (unpaired) electrons. The van der Waals surface area contributed by atoms with Gasteiger partial charge in [0.1, 0.15) is 5.82 Å². The van der Waals surface area contributed by atoms with Crippen molar-refractivity contribution in [3.8, 4) is 0 Å². The highest BCUT2D eigenvalue weighted by Gasteiger charge is 2.10. The van der Waals surface area contributed by atoms with Crippen LogP contribution in [0.5, 0.6) is 0 Å². The van der Waals surface area contributed by atoms with Crippen LogP contribution in [0.15, 0.2) is 54.7 Å². The number of carbonyl (C=O) groups excluding carboxylic acids is 1. The number of halogens is 1. The minimum absolute atomic E-state index is 0.167. The van der Waals surface area contributed by atoms with Gasteiger partial charge in [-0.05, 0) is 30.3 Å². The quantitative estimate of drug-likeness (QED) is 0.709. The van der Waals surface area contributed by atoms with E-state index < -0.39 is 11.7 Å². The maximum Gasteiger partial charge on any atom is 0.255 e. The van der Waals surface area contributed by atoms with Gasteiger partial charge in [0.25, 0.3) is 5.91 Å². The zero-order valence-corrected chi connectivity index (χ0v) is 11.0. The summed E-state index contributed by atoms with van der Waals surface area (Å²) in [5.41, 5.74) is 7.17. The summed E-state index contributed by atoms with van der Waals surface area (Å²) in [6, 6.07) is 12.9. The summed E-state index contributed by atoms with van der Waals surface area (Å²) < 4.78 is 13.3. The maximum atomic E-state index is 13.3. The minimum Gasteiger partial charge on any atom is -0.399 e. The average molecular weight is 281 g/mol. The zero-order chi connectivity index (χ0) is 14.8. The van der Waals surface area contributed by atoms with E-state index in [-0.39, 0.29) is 11.3 Å². The van der Waals surface area contributed by atoms with E-state index in [0.29, 0.717) is 11.2 Å². The molecule has 3 rings (SSSR count). The number of para-hydroxylation sites is 1. The number of nitrogens with one attached hydrogen (secondary N) is 1. The Morgan fingerprint density at radius 1 is 1.14 bits per heavy atom. The monoisotopic (exact) mass is 281 g/mol. The number of nitrogen functional groups attached to an aromatic ring is 1. The Labute approximate surface area is 120 Å². The molecule has 3 aromatic rings. The predicted molar refractivity (Wildman–Crippen MR) is 80.5 cm³/mol. The first kappa shape index (κ1) is 13.1. The number of benzene rings is 2. The number of aromatic nitrogens is 1. The fraction of sp³-hybridized carbons (Fsp3) is 0. The fourth-order valence-electron chi connectivity index (χ4n) is 2.14. The van der Waals surface area contributed by atoms with Crippen molar-refractivity contribution in [3.05, 3.63) is 66.1 Å². The molecule has 0 aliphatic rings. The van der Waals surface area contributed by atoms with Gasteiger partial charge in [-0.3, -0.25) is 9.78 Å². The number of hydrogen-bond donors (Lipinski definition) is 2. The molecule has 2 aromatic carbocycles. The van der Waals surface area contributed by atoms with Crippen LogP contribution < -0.4 is 11.1 Å². The third-order valence-corrected chi connectivity index (χ3v) is 3.06. The lowest BCUT2D eigenvalue weighted by molar-refractivity contribution is 0.102. The molecular weight excluding hydrogens is 269 g/mol. The van der Waals surface area contributed by atoms with Gasteiger partial charge in [0, 0.05) is 22.8 Å². The van der Waals surface area contributed by atoms with Gasteiger partial charge >= 0.3 is 0 Å². The Balaban J connectivity index is 1.96. The lowest BCUT2D eigenvalue weighted by atomic mass is 10.1. The number of nitrogens with two attached hydrogens (primary N) is 1. The van der Waals surface area contributed by atoms with Gasteiger partial charge in [-0.15, -0.1) is 0 Å². The smallest absolute Gasteiger partial charge is 0.255 e. The van der Waals surface area contributed by atoms with Crippen molar-refractivity contribution in [2.24, 2.45) is 0 Å². The van der Waals surface area contributed by atoms with Crippen LogP contribution in [-0.2, 0) is 0 Å². The molecule has 1 heterocycles. The molecule has 1 amide bonds. The van der Waals surface area contributed by atoms with Crippen LogP contribution in [0, 0.1) is 5.82 Å². The van der Waals surface area contributed by atoms with Crippen molar-refractivity contribution >= 4 is 28.2 Å². The predicted octanol–water partition coefficient (Wildman–Crippen LogP) is 3.21. The Hall–Kier alpha value is -2.95. The van der Waals surface area contributed by atoms with Gasteiger partial charge in [0.05, 0.1) is 11.2 Å². The number of hydrogen-bond acceptors (Lipinski definition) is 3. The molecule has 21 heavy (non-hydrogen) atoms. The molecule has 1 aromatic heterocycles. The minimum atomic E-state index is -0.545. The Morgan fingerprint density at radius 3 is 2.76 bits per heavy atom. The van der Waals surface area contributed by atoms with E-state index in [2.05, 4.69) is 10.3 Å². The second-order valence-electron chi connectivity index (χ2n) is 4.61. The van der Waals surface area contributed by atoms with Crippen LogP contribution in [0.3, 0.4) is 0 Å².